The van der Waals surface area contributed by atoms with Crippen LogP contribution < -0.4 is 5.32 Å². The van der Waals surface area contributed by atoms with Gasteiger partial charge in [0.25, 0.3) is 5.91 Å². The fraction of sp³-hybridized carbons (Fsp3) is 0.688. The van der Waals surface area contributed by atoms with E-state index in [1.807, 2.05) is 11.6 Å². The SMILES string of the molecule is CCC(CC)n1nc(C(=O)NC(CC2CC2)C(=O)O)cc1C. The highest BCUT2D eigenvalue weighted by atomic mass is 16.4. The topological polar surface area (TPSA) is 84.2 Å². The number of carboxylic acid groups (broad SMARTS) is 1. The van der Waals surface area contributed by atoms with E-state index in [4.69, 9.17) is 0 Å². The van der Waals surface area contributed by atoms with Crippen LogP contribution in [0.4, 0.5) is 0 Å². The molecule has 2 rings (SSSR count). The summed E-state index contributed by atoms with van der Waals surface area (Å²) in [4.78, 5) is 23.5. The number of nitrogens with one attached hydrogen (secondary N) is 1. The second kappa shape index (κ2) is 6.94. The lowest BCUT2D eigenvalue weighted by atomic mass is 10.1. The molecule has 0 radical (unpaired) electrons. The molecule has 6 heteroatoms. The van der Waals surface area contributed by atoms with Crippen molar-refractivity contribution in [3.63, 3.8) is 0 Å². The first-order chi connectivity index (χ1) is 10.5. The smallest absolute Gasteiger partial charge is 0.326 e. The standard InChI is InChI=1S/C16H25N3O3/c1-4-12(5-2)19-10(3)8-13(18-19)15(20)17-14(16(21)22)9-11-6-7-11/h8,11-12,14H,4-7,9H2,1-3H3,(H,17,20)(H,21,22). The zero-order valence-corrected chi connectivity index (χ0v) is 13.5. The van der Waals surface area contributed by atoms with Crippen LogP contribution in [0.1, 0.15) is 68.2 Å². The van der Waals surface area contributed by atoms with Crippen molar-refractivity contribution in [2.24, 2.45) is 5.92 Å². The molecule has 0 aliphatic heterocycles. The first-order valence-electron chi connectivity index (χ1n) is 8.06. The second-order valence-corrected chi connectivity index (χ2v) is 6.13. The molecule has 6 nitrogen and oxygen atoms in total. The molecule has 1 unspecified atom stereocenters. The Hall–Kier alpha value is -1.85. The molecule has 0 aromatic carbocycles. The Balaban J connectivity index is 2.08. The first-order valence-corrected chi connectivity index (χ1v) is 8.06. The van der Waals surface area contributed by atoms with Crippen LogP contribution in [-0.4, -0.2) is 32.8 Å². The largest absolute Gasteiger partial charge is 0.480 e. The van der Waals surface area contributed by atoms with E-state index in [1.165, 1.54) is 0 Å². The summed E-state index contributed by atoms with van der Waals surface area (Å²) in [6.45, 7) is 6.09. The molecule has 1 aliphatic carbocycles. The van der Waals surface area contributed by atoms with Crippen molar-refractivity contribution >= 4 is 11.9 Å². The normalized spacial score (nSPS) is 15.8. The first kappa shape index (κ1) is 16.5. The third-order valence-electron chi connectivity index (χ3n) is 4.31. The second-order valence-electron chi connectivity index (χ2n) is 6.13. The van der Waals surface area contributed by atoms with Crippen LogP contribution in [0.3, 0.4) is 0 Å². The molecule has 122 valence electrons. The molecule has 0 bridgehead atoms. The molecular formula is C16H25N3O3. The molecule has 22 heavy (non-hydrogen) atoms. The van der Waals surface area contributed by atoms with Crippen LogP contribution >= 0.6 is 0 Å². The summed E-state index contributed by atoms with van der Waals surface area (Å²) in [5, 5.41) is 16.2. The van der Waals surface area contributed by atoms with Crippen molar-refractivity contribution in [2.45, 2.75) is 65.0 Å². The van der Waals surface area contributed by atoms with Crippen molar-refractivity contribution in [2.75, 3.05) is 0 Å². The fourth-order valence-electron chi connectivity index (χ4n) is 2.74. The van der Waals surface area contributed by atoms with Gasteiger partial charge in [-0.15, -0.1) is 0 Å². The number of aromatic nitrogens is 2. The van der Waals surface area contributed by atoms with Gasteiger partial charge in [-0.1, -0.05) is 26.7 Å². The third kappa shape index (κ3) is 3.87. The average Bonchev–Trinajstić information content (AvgIpc) is 3.21. The van der Waals surface area contributed by atoms with E-state index in [0.717, 1.165) is 31.4 Å². The summed E-state index contributed by atoms with van der Waals surface area (Å²) >= 11 is 0. The van der Waals surface area contributed by atoms with Crippen molar-refractivity contribution in [1.82, 2.24) is 15.1 Å². The van der Waals surface area contributed by atoms with Gasteiger partial charge in [-0.3, -0.25) is 9.48 Å². The lowest BCUT2D eigenvalue weighted by Crippen LogP contribution is -2.41. The number of hydrogen-bond donors (Lipinski definition) is 2. The van der Waals surface area contributed by atoms with Crippen molar-refractivity contribution in [3.05, 3.63) is 17.5 Å². The van der Waals surface area contributed by atoms with E-state index in [0.29, 0.717) is 18.0 Å². The molecule has 1 aromatic rings. The minimum atomic E-state index is -0.976. The number of carboxylic acids is 1. The van der Waals surface area contributed by atoms with Crippen LogP contribution in [0, 0.1) is 12.8 Å². The quantitative estimate of drug-likeness (QED) is 0.773. The fourth-order valence-corrected chi connectivity index (χ4v) is 2.74. The number of aryl methyl sites for hydroxylation is 1. The number of carbonyl (C=O) groups excluding carboxylic acids is 1. The summed E-state index contributed by atoms with van der Waals surface area (Å²) in [6, 6.07) is 1.17. The van der Waals surface area contributed by atoms with Gasteiger partial charge in [-0.05, 0) is 38.2 Å². The molecule has 2 N–H and O–H groups in total. The third-order valence-corrected chi connectivity index (χ3v) is 4.31. The Morgan fingerprint density at radius 3 is 2.55 bits per heavy atom. The van der Waals surface area contributed by atoms with E-state index in [2.05, 4.69) is 24.3 Å². The van der Waals surface area contributed by atoms with Crippen molar-refractivity contribution < 1.29 is 14.7 Å². The predicted octanol–water partition coefficient (Wildman–Crippen LogP) is 2.54. The molecule has 1 atom stereocenters. The maximum absolute atomic E-state index is 12.3. The highest BCUT2D eigenvalue weighted by Gasteiger charge is 2.31. The molecule has 1 fully saturated rings. The minimum Gasteiger partial charge on any atom is -0.480 e. The number of rotatable bonds is 8. The molecule has 1 aromatic heterocycles. The van der Waals surface area contributed by atoms with Crippen LogP contribution in [0.25, 0.3) is 0 Å². The molecule has 1 saturated carbocycles. The maximum Gasteiger partial charge on any atom is 0.326 e. The maximum atomic E-state index is 12.3. The van der Waals surface area contributed by atoms with Gasteiger partial charge >= 0.3 is 5.97 Å². The number of carbonyl (C=O) groups is 2. The Morgan fingerprint density at radius 1 is 1.41 bits per heavy atom. The van der Waals surface area contributed by atoms with Crippen LogP contribution in [-0.2, 0) is 4.79 Å². The Kier molecular flexibility index (Phi) is 5.21. The molecular weight excluding hydrogens is 282 g/mol. The van der Waals surface area contributed by atoms with Crippen molar-refractivity contribution in [1.29, 1.82) is 0 Å². The Morgan fingerprint density at radius 2 is 2.05 bits per heavy atom. The van der Waals surface area contributed by atoms with Crippen LogP contribution in [0.2, 0.25) is 0 Å². The Labute approximate surface area is 130 Å². The highest BCUT2D eigenvalue weighted by molar-refractivity contribution is 5.95. The summed E-state index contributed by atoms with van der Waals surface area (Å²) in [5.41, 5.74) is 1.22. The van der Waals surface area contributed by atoms with Crippen LogP contribution in [0.5, 0.6) is 0 Å². The number of amides is 1. The average molecular weight is 307 g/mol. The summed E-state index contributed by atoms with van der Waals surface area (Å²) < 4.78 is 1.87. The van der Waals surface area contributed by atoms with Gasteiger partial charge in [-0.2, -0.15) is 5.10 Å². The summed E-state index contributed by atoms with van der Waals surface area (Å²) in [7, 11) is 0. The van der Waals surface area contributed by atoms with Gasteiger partial charge in [0, 0.05) is 5.69 Å². The van der Waals surface area contributed by atoms with E-state index >= 15 is 0 Å². The lowest BCUT2D eigenvalue weighted by molar-refractivity contribution is -0.139. The lowest BCUT2D eigenvalue weighted by Gasteiger charge is -2.15. The molecule has 0 spiro atoms. The van der Waals surface area contributed by atoms with E-state index in [9.17, 15) is 14.7 Å². The van der Waals surface area contributed by atoms with Gasteiger partial charge in [0.1, 0.15) is 11.7 Å². The number of aliphatic carboxylic acids is 1. The van der Waals surface area contributed by atoms with E-state index in [1.54, 1.807) is 6.07 Å². The monoisotopic (exact) mass is 307 g/mol. The van der Waals surface area contributed by atoms with Gasteiger partial charge in [0.2, 0.25) is 0 Å². The minimum absolute atomic E-state index is 0.267. The van der Waals surface area contributed by atoms with E-state index in [-0.39, 0.29) is 6.04 Å². The number of nitrogens with zero attached hydrogens (tertiary/aromatic N) is 2. The van der Waals surface area contributed by atoms with E-state index < -0.39 is 17.9 Å². The molecule has 1 aliphatic rings. The van der Waals surface area contributed by atoms with Gasteiger partial charge < -0.3 is 10.4 Å². The van der Waals surface area contributed by atoms with Gasteiger partial charge in [0.15, 0.2) is 0 Å². The van der Waals surface area contributed by atoms with Gasteiger partial charge in [0.05, 0.1) is 6.04 Å². The molecule has 1 amide bonds. The zero-order chi connectivity index (χ0) is 16.3. The van der Waals surface area contributed by atoms with Gasteiger partial charge in [-0.25, -0.2) is 4.79 Å². The predicted molar refractivity (Wildman–Crippen MR) is 82.8 cm³/mol. The summed E-state index contributed by atoms with van der Waals surface area (Å²) in [6.07, 6.45) is 4.51. The van der Waals surface area contributed by atoms with Crippen molar-refractivity contribution in [3.8, 4) is 0 Å². The molecule has 1 heterocycles. The summed E-state index contributed by atoms with van der Waals surface area (Å²) in [5.74, 6) is -0.942. The zero-order valence-electron chi connectivity index (χ0n) is 13.5. The van der Waals surface area contributed by atoms with Crippen LogP contribution in [0.15, 0.2) is 6.07 Å². The highest BCUT2D eigenvalue weighted by Crippen LogP contribution is 2.33. The Bertz CT molecular complexity index is 545. The molecule has 0 saturated heterocycles. The number of hydrogen-bond acceptors (Lipinski definition) is 3.